The molecule has 26 heavy (non-hydrogen) atoms. The zero-order chi connectivity index (χ0) is 17.0. The molecule has 0 aliphatic heterocycles. The van der Waals surface area contributed by atoms with E-state index >= 15 is 0 Å². The Labute approximate surface area is 198 Å². The Morgan fingerprint density at radius 2 is 1.15 bits per heavy atom. The van der Waals surface area contributed by atoms with Crippen LogP contribution in [0.4, 0.5) is 0 Å². The average Bonchev–Trinajstić information content (AvgIpc) is 2.60. The summed E-state index contributed by atoms with van der Waals surface area (Å²) in [6, 6.07) is 24.2. The van der Waals surface area contributed by atoms with E-state index in [2.05, 4.69) is 0 Å². The van der Waals surface area contributed by atoms with Gasteiger partial charge in [-0.3, -0.25) is 4.55 Å². The minimum absolute atomic E-state index is 0. The Kier molecular flexibility index (Phi) is 9.51. The van der Waals surface area contributed by atoms with Gasteiger partial charge in [-0.15, -0.1) is 0 Å². The van der Waals surface area contributed by atoms with Gasteiger partial charge in [0.25, 0.3) is 10.1 Å². The molecule has 0 radical (unpaired) electrons. The monoisotopic (exact) mass is 384 g/mol. The zero-order valence-corrected chi connectivity index (χ0v) is 13.6. The fraction of sp³-hybridized carbons (Fsp3) is 0. The number of hydrogen-bond acceptors (Lipinski definition) is 2. The molecule has 6 heteroatoms. The molecule has 0 aliphatic carbocycles. The first-order valence-corrected chi connectivity index (χ1v) is 8.89. The summed E-state index contributed by atoms with van der Waals surface area (Å²) in [6.07, 6.45) is 3.55. The summed E-state index contributed by atoms with van der Waals surface area (Å²) < 4.78 is 32.3. The molecule has 3 aromatic rings. The Balaban J connectivity index is 0.00000169. The Hall–Kier alpha value is -0.690. The van der Waals surface area contributed by atoms with Crippen LogP contribution in [0.25, 0.3) is 23.3 Å². The van der Waals surface area contributed by atoms with Crippen LogP contribution in [0.2, 0.25) is 0 Å². The van der Waals surface area contributed by atoms with Crippen LogP contribution in [0, 0.1) is 0 Å². The van der Waals surface area contributed by atoms with Crippen LogP contribution in [0.5, 0.6) is 0 Å². The van der Waals surface area contributed by atoms with Gasteiger partial charge in [0.15, 0.2) is 0 Å². The van der Waals surface area contributed by atoms with Crippen LogP contribution in [0.3, 0.4) is 0 Å². The van der Waals surface area contributed by atoms with E-state index in [1.54, 1.807) is 24.3 Å². The van der Waals surface area contributed by atoms with Crippen LogP contribution in [-0.4, -0.2) is 72.1 Å². The maximum absolute atomic E-state index is 11.5. The van der Waals surface area contributed by atoms with Crippen molar-refractivity contribution in [3.05, 3.63) is 90.0 Å². The van der Waals surface area contributed by atoms with Gasteiger partial charge in [-0.2, -0.15) is 8.42 Å². The molecule has 3 rings (SSSR count). The SMILES string of the molecule is O=S(=O)(O)c1ccccc1C=Cc1ccccc1-c1ccccc1.[NaH].[NaH]. The minimum atomic E-state index is -4.25. The summed E-state index contributed by atoms with van der Waals surface area (Å²) >= 11 is 0. The molecule has 0 aliphatic rings. The number of rotatable bonds is 4. The molecule has 0 unspecified atom stereocenters. The van der Waals surface area contributed by atoms with Crippen LogP contribution in [-0.2, 0) is 10.1 Å². The fourth-order valence-corrected chi connectivity index (χ4v) is 3.24. The van der Waals surface area contributed by atoms with Gasteiger partial charge >= 0.3 is 59.1 Å². The third-order valence-electron chi connectivity index (χ3n) is 3.68. The number of benzene rings is 3. The third kappa shape index (κ3) is 5.91. The van der Waals surface area contributed by atoms with Crippen molar-refractivity contribution < 1.29 is 13.0 Å². The molecular weight excluding hydrogens is 366 g/mol. The van der Waals surface area contributed by atoms with Crippen LogP contribution >= 0.6 is 0 Å². The summed E-state index contributed by atoms with van der Waals surface area (Å²) in [5.74, 6) is 0. The van der Waals surface area contributed by atoms with E-state index in [1.807, 2.05) is 60.7 Å². The average molecular weight is 384 g/mol. The molecule has 0 saturated heterocycles. The molecule has 124 valence electrons. The zero-order valence-electron chi connectivity index (χ0n) is 12.8. The van der Waals surface area contributed by atoms with Crippen LogP contribution in [0.1, 0.15) is 11.1 Å². The second-order valence-electron chi connectivity index (χ2n) is 5.30. The molecule has 0 fully saturated rings. The Bertz CT molecular complexity index is 985. The summed E-state index contributed by atoms with van der Waals surface area (Å²) in [6.45, 7) is 0. The summed E-state index contributed by atoms with van der Waals surface area (Å²) in [4.78, 5) is -0.0987. The molecule has 0 spiro atoms. The van der Waals surface area contributed by atoms with Gasteiger partial charge < -0.3 is 0 Å². The Morgan fingerprint density at radius 3 is 1.81 bits per heavy atom. The molecule has 0 bridgehead atoms. The van der Waals surface area contributed by atoms with E-state index < -0.39 is 10.1 Å². The van der Waals surface area contributed by atoms with Crippen molar-refractivity contribution in [1.29, 1.82) is 0 Å². The van der Waals surface area contributed by atoms with Gasteiger partial charge in [0, 0.05) is 0 Å². The van der Waals surface area contributed by atoms with Gasteiger partial charge in [0.05, 0.1) is 0 Å². The molecule has 0 atom stereocenters. The normalized spacial score (nSPS) is 10.8. The van der Waals surface area contributed by atoms with Gasteiger partial charge in [0.1, 0.15) is 4.90 Å². The Morgan fingerprint density at radius 1 is 0.654 bits per heavy atom. The van der Waals surface area contributed by atoms with Crippen molar-refractivity contribution in [3.8, 4) is 11.1 Å². The standard InChI is InChI=1S/C20H16O3S.2Na.2H/c21-24(22,23)20-13-7-5-11-18(20)15-14-17-10-4-6-12-19(17)16-8-2-1-3-9-16;;;;/h1-15H,(H,21,22,23);;;;. The first kappa shape index (κ1) is 23.3. The predicted molar refractivity (Wildman–Crippen MR) is 111 cm³/mol. The molecule has 0 aromatic heterocycles. The predicted octanol–water partition coefficient (Wildman–Crippen LogP) is 3.47. The maximum atomic E-state index is 11.5. The van der Waals surface area contributed by atoms with E-state index in [1.165, 1.54) is 6.07 Å². The van der Waals surface area contributed by atoms with E-state index in [9.17, 15) is 13.0 Å². The van der Waals surface area contributed by atoms with Crippen molar-refractivity contribution >= 4 is 81.4 Å². The quantitative estimate of drug-likeness (QED) is 0.426. The van der Waals surface area contributed by atoms with Gasteiger partial charge in [-0.25, -0.2) is 0 Å². The molecule has 0 heterocycles. The van der Waals surface area contributed by atoms with Gasteiger partial charge in [-0.05, 0) is 28.3 Å². The van der Waals surface area contributed by atoms with Crippen molar-refractivity contribution in [2.45, 2.75) is 4.90 Å². The van der Waals surface area contributed by atoms with E-state index in [0.29, 0.717) is 5.56 Å². The topological polar surface area (TPSA) is 54.4 Å². The van der Waals surface area contributed by atoms with Crippen molar-refractivity contribution in [2.24, 2.45) is 0 Å². The third-order valence-corrected chi connectivity index (χ3v) is 4.61. The second kappa shape index (κ2) is 10.6. The summed E-state index contributed by atoms with van der Waals surface area (Å²) in [7, 11) is -4.25. The van der Waals surface area contributed by atoms with Crippen molar-refractivity contribution in [1.82, 2.24) is 0 Å². The van der Waals surface area contributed by atoms with Crippen molar-refractivity contribution in [2.75, 3.05) is 0 Å². The summed E-state index contributed by atoms with van der Waals surface area (Å²) in [5, 5.41) is 0. The molecule has 0 amide bonds. The van der Waals surface area contributed by atoms with E-state index in [-0.39, 0.29) is 64.0 Å². The molecular formula is C20H18Na2O3S. The molecule has 3 aromatic carbocycles. The molecule has 1 N–H and O–H groups in total. The van der Waals surface area contributed by atoms with Crippen molar-refractivity contribution in [3.63, 3.8) is 0 Å². The van der Waals surface area contributed by atoms with Gasteiger partial charge in [0.2, 0.25) is 0 Å². The molecule has 3 nitrogen and oxygen atoms in total. The van der Waals surface area contributed by atoms with E-state index in [4.69, 9.17) is 0 Å². The van der Waals surface area contributed by atoms with Crippen LogP contribution < -0.4 is 0 Å². The molecule has 0 saturated carbocycles. The summed E-state index contributed by atoms with van der Waals surface area (Å²) in [5.41, 5.74) is 3.55. The van der Waals surface area contributed by atoms with Gasteiger partial charge in [-0.1, -0.05) is 84.9 Å². The fourth-order valence-electron chi connectivity index (χ4n) is 2.56. The second-order valence-corrected chi connectivity index (χ2v) is 6.69. The first-order chi connectivity index (χ1) is 11.6. The first-order valence-electron chi connectivity index (χ1n) is 7.45. The number of hydrogen-bond donors (Lipinski definition) is 1. The van der Waals surface area contributed by atoms with Crippen LogP contribution in [0.15, 0.2) is 83.8 Å². The van der Waals surface area contributed by atoms with E-state index in [0.717, 1.165) is 16.7 Å².